The molecule has 3 nitrogen and oxygen atoms in total. The molecule has 3 heteroatoms. The van der Waals surface area contributed by atoms with E-state index in [2.05, 4.69) is 35.9 Å². The summed E-state index contributed by atoms with van der Waals surface area (Å²) in [6.07, 6.45) is 8.75. The van der Waals surface area contributed by atoms with Crippen molar-refractivity contribution in [2.24, 2.45) is 0 Å². The second kappa shape index (κ2) is 11.4. The quantitative estimate of drug-likeness (QED) is 0.258. The normalized spacial score (nSPS) is 10.7. The summed E-state index contributed by atoms with van der Waals surface area (Å²) in [6, 6.07) is 19.8. The third kappa shape index (κ3) is 6.59. The van der Waals surface area contributed by atoms with Crippen molar-refractivity contribution in [2.75, 3.05) is 6.61 Å². The van der Waals surface area contributed by atoms with Gasteiger partial charge in [-0.25, -0.2) is 0 Å². The van der Waals surface area contributed by atoms with Gasteiger partial charge in [-0.1, -0.05) is 43.7 Å². The van der Waals surface area contributed by atoms with Gasteiger partial charge in [0.25, 0.3) is 0 Å². The number of aryl methyl sites for hydroxylation is 1. The van der Waals surface area contributed by atoms with Crippen molar-refractivity contribution in [3.63, 3.8) is 0 Å². The number of allylic oxidation sites excluding steroid dienone is 1. The molecule has 154 valence electrons. The van der Waals surface area contributed by atoms with Crippen LogP contribution in [0.5, 0.6) is 5.75 Å². The Bertz CT molecular complexity index is 1130. The molecule has 0 saturated heterocycles. The first-order valence-corrected chi connectivity index (χ1v) is 10.6. The molecule has 1 heterocycles. The lowest BCUT2D eigenvalue weighted by molar-refractivity contribution is 0.304. The van der Waals surface area contributed by atoms with Crippen LogP contribution in [0.15, 0.2) is 67.0 Å². The third-order valence-electron chi connectivity index (χ3n) is 4.87. The van der Waals surface area contributed by atoms with Crippen molar-refractivity contribution in [1.29, 1.82) is 5.26 Å². The van der Waals surface area contributed by atoms with Gasteiger partial charge in [0, 0.05) is 23.5 Å². The Balaban J connectivity index is 1.69. The average molecular weight is 407 g/mol. The van der Waals surface area contributed by atoms with Crippen molar-refractivity contribution in [1.82, 2.24) is 4.98 Å². The minimum Gasteiger partial charge on any atom is -0.493 e. The predicted molar refractivity (Wildman–Crippen MR) is 126 cm³/mol. The van der Waals surface area contributed by atoms with Crippen LogP contribution in [0.2, 0.25) is 0 Å². The number of rotatable bonds is 7. The molecular weight excluding hydrogens is 380 g/mol. The molecular formula is C28H26N2O. The highest BCUT2D eigenvalue weighted by Crippen LogP contribution is 2.20. The standard InChI is InChI=1S/C28H26N2O/c1-3-4-5-18-31-28-13-10-24(19-22(28)2)7-6-23-8-11-26(12-9-23)27(21-29)20-25-14-16-30-17-15-25/h8-17,19-20H,3-5,18H2,1-2H3/b27-20-. The number of benzene rings is 2. The van der Waals surface area contributed by atoms with Gasteiger partial charge >= 0.3 is 0 Å². The van der Waals surface area contributed by atoms with Crippen molar-refractivity contribution >= 4 is 11.6 Å². The number of nitrogens with zero attached hydrogens (tertiary/aromatic N) is 2. The van der Waals surface area contributed by atoms with E-state index in [1.807, 2.05) is 61.5 Å². The smallest absolute Gasteiger partial charge is 0.122 e. The SMILES string of the molecule is CCCCCOc1ccc(C#Cc2ccc(/C(C#N)=C\c3ccncc3)cc2)cc1C. The number of hydrogen-bond donors (Lipinski definition) is 0. The first kappa shape index (κ1) is 21.9. The number of nitriles is 1. The van der Waals surface area contributed by atoms with Crippen LogP contribution in [0.1, 0.15) is 54.0 Å². The van der Waals surface area contributed by atoms with E-state index in [1.54, 1.807) is 12.4 Å². The van der Waals surface area contributed by atoms with Crippen LogP contribution in [-0.2, 0) is 0 Å². The Hall–Kier alpha value is -3.82. The molecule has 3 rings (SSSR count). The number of hydrogen-bond acceptors (Lipinski definition) is 3. The molecule has 0 aliphatic rings. The zero-order valence-corrected chi connectivity index (χ0v) is 18.1. The van der Waals surface area contributed by atoms with Gasteiger partial charge < -0.3 is 4.74 Å². The van der Waals surface area contributed by atoms with Gasteiger partial charge in [0.05, 0.1) is 18.2 Å². The Morgan fingerprint density at radius 1 is 0.968 bits per heavy atom. The van der Waals surface area contributed by atoms with E-state index < -0.39 is 0 Å². The summed E-state index contributed by atoms with van der Waals surface area (Å²) in [5, 5.41) is 9.52. The van der Waals surface area contributed by atoms with Crippen molar-refractivity contribution < 1.29 is 4.74 Å². The van der Waals surface area contributed by atoms with E-state index in [0.29, 0.717) is 5.57 Å². The minimum atomic E-state index is 0.607. The lowest BCUT2D eigenvalue weighted by Crippen LogP contribution is -1.98. The highest BCUT2D eigenvalue weighted by atomic mass is 16.5. The lowest BCUT2D eigenvalue weighted by Gasteiger charge is -2.08. The monoisotopic (exact) mass is 406 g/mol. The predicted octanol–water partition coefficient (Wildman–Crippen LogP) is 6.42. The molecule has 1 aromatic heterocycles. The molecule has 0 fully saturated rings. The first-order valence-electron chi connectivity index (χ1n) is 10.6. The molecule has 0 spiro atoms. The zero-order valence-electron chi connectivity index (χ0n) is 18.1. The van der Waals surface area contributed by atoms with Gasteiger partial charge in [0.2, 0.25) is 0 Å². The van der Waals surface area contributed by atoms with Crippen LogP contribution in [0.4, 0.5) is 0 Å². The van der Waals surface area contributed by atoms with E-state index >= 15 is 0 Å². The fourth-order valence-corrected chi connectivity index (χ4v) is 3.11. The van der Waals surface area contributed by atoms with Crippen molar-refractivity contribution in [2.45, 2.75) is 33.1 Å². The highest BCUT2D eigenvalue weighted by molar-refractivity contribution is 5.89. The van der Waals surface area contributed by atoms with E-state index in [0.717, 1.165) is 46.6 Å². The molecule has 0 aliphatic heterocycles. The van der Waals surface area contributed by atoms with Crippen LogP contribution >= 0.6 is 0 Å². The van der Waals surface area contributed by atoms with Crippen LogP contribution in [0, 0.1) is 30.1 Å². The largest absolute Gasteiger partial charge is 0.493 e. The van der Waals surface area contributed by atoms with Crippen molar-refractivity contribution in [3.8, 4) is 23.7 Å². The Morgan fingerprint density at radius 2 is 1.68 bits per heavy atom. The second-order valence-electron chi connectivity index (χ2n) is 7.31. The summed E-state index contributed by atoms with van der Waals surface area (Å²) < 4.78 is 5.86. The molecule has 0 bridgehead atoms. The topological polar surface area (TPSA) is 45.9 Å². The number of pyridine rings is 1. The molecule has 0 aliphatic carbocycles. The molecule has 0 unspecified atom stereocenters. The summed E-state index contributed by atoms with van der Waals surface area (Å²) in [5.41, 5.74) is 5.38. The fraction of sp³-hybridized carbons (Fsp3) is 0.214. The molecule has 0 saturated carbocycles. The average Bonchev–Trinajstić information content (AvgIpc) is 2.81. The maximum absolute atomic E-state index is 9.52. The molecule has 0 atom stereocenters. The van der Waals surface area contributed by atoms with Crippen LogP contribution < -0.4 is 4.74 Å². The van der Waals surface area contributed by atoms with E-state index in [9.17, 15) is 5.26 Å². The van der Waals surface area contributed by atoms with Gasteiger partial charge in [-0.05, 0) is 78.6 Å². The van der Waals surface area contributed by atoms with Crippen LogP contribution in [0.25, 0.3) is 11.6 Å². The molecule has 0 amide bonds. The Labute approximate surface area is 185 Å². The van der Waals surface area contributed by atoms with Crippen molar-refractivity contribution in [3.05, 3.63) is 94.8 Å². The lowest BCUT2D eigenvalue weighted by atomic mass is 10.0. The maximum Gasteiger partial charge on any atom is 0.122 e. The fourth-order valence-electron chi connectivity index (χ4n) is 3.11. The second-order valence-corrected chi connectivity index (χ2v) is 7.31. The Morgan fingerprint density at radius 3 is 2.35 bits per heavy atom. The summed E-state index contributed by atoms with van der Waals surface area (Å²) in [6.45, 7) is 4.99. The number of aromatic nitrogens is 1. The van der Waals surface area contributed by atoms with Gasteiger partial charge in [0.1, 0.15) is 5.75 Å². The third-order valence-corrected chi connectivity index (χ3v) is 4.87. The number of ether oxygens (including phenoxy) is 1. The summed E-state index contributed by atoms with van der Waals surface area (Å²) in [4.78, 5) is 4.00. The zero-order chi connectivity index (χ0) is 21.9. The van der Waals surface area contributed by atoms with Gasteiger partial charge in [-0.3, -0.25) is 4.98 Å². The molecule has 3 aromatic rings. The maximum atomic E-state index is 9.52. The van der Waals surface area contributed by atoms with Gasteiger partial charge in [-0.2, -0.15) is 5.26 Å². The van der Waals surface area contributed by atoms with Gasteiger partial charge in [0.15, 0.2) is 0 Å². The Kier molecular flexibility index (Phi) is 8.04. The summed E-state index contributed by atoms with van der Waals surface area (Å²) in [7, 11) is 0. The first-order chi connectivity index (χ1) is 15.2. The van der Waals surface area contributed by atoms with Crippen LogP contribution in [-0.4, -0.2) is 11.6 Å². The minimum absolute atomic E-state index is 0.607. The number of unbranched alkanes of at least 4 members (excludes halogenated alkanes) is 2. The molecule has 0 N–H and O–H groups in total. The molecule has 31 heavy (non-hydrogen) atoms. The van der Waals surface area contributed by atoms with E-state index in [-0.39, 0.29) is 0 Å². The van der Waals surface area contributed by atoms with E-state index in [4.69, 9.17) is 4.74 Å². The highest BCUT2D eigenvalue weighted by Gasteiger charge is 2.02. The molecule has 2 aromatic carbocycles. The van der Waals surface area contributed by atoms with E-state index in [1.165, 1.54) is 12.8 Å². The van der Waals surface area contributed by atoms with Crippen LogP contribution in [0.3, 0.4) is 0 Å². The van der Waals surface area contributed by atoms with Gasteiger partial charge in [-0.15, -0.1) is 0 Å². The summed E-state index contributed by atoms with van der Waals surface area (Å²) >= 11 is 0. The molecule has 0 radical (unpaired) electrons. The summed E-state index contributed by atoms with van der Waals surface area (Å²) in [5.74, 6) is 7.34.